The van der Waals surface area contributed by atoms with Crippen molar-refractivity contribution in [3.8, 4) is 5.75 Å². The van der Waals surface area contributed by atoms with E-state index in [1.54, 1.807) is 24.3 Å². The summed E-state index contributed by atoms with van der Waals surface area (Å²) in [5.41, 5.74) is 0.623. The molecule has 5 heteroatoms. The second-order valence-electron chi connectivity index (χ2n) is 5.40. The monoisotopic (exact) mass is 292 g/mol. The molecule has 0 aliphatic heterocycles. The molecule has 116 valence electrons. The molecule has 0 fully saturated rings. The maximum Gasteiger partial charge on any atom is 0.412 e. The third-order valence-corrected chi connectivity index (χ3v) is 2.89. The van der Waals surface area contributed by atoms with Crippen LogP contribution in [0.1, 0.15) is 40.5 Å². The van der Waals surface area contributed by atoms with Crippen LogP contribution in [0.4, 0.5) is 10.5 Å². The minimum absolute atomic E-state index is 0.00952. The Bertz CT molecular complexity index is 486. The lowest BCUT2D eigenvalue weighted by molar-refractivity contribution is -0.119. The first kappa shape index (κ1) is 17.0. The topological polar surface area (TPSA) is 67.4 Å². The van der Waals surface area contributed by atoms with Crippen LogP contribution in [0.5, 0.6) is 5.75 Å². The van der Waals surface area contributed by atoms with Gasteiger partial charge in [0.1, 0.15) is 5.75 Å². The average Bonchev–Trinajstić information content (AvgIpc) is 2.38. The van der Waals surface area contributed by atoms with Crippen molar-refractivity contribution in [1.82, 2.24) is 5.32 Å². The van der Waals surface area contributed by atoms with Gasteiger partial charge >= 0.3 is 6.09 Å². The van der Waals surface area contributed by atoms with Crippen LogP contribution < -0.4 is 15.4 Å². The summed E-state index contributed by atoms with van der Waals surface area (Å²) in [6, 6.07) is 6.82. The lowest BCUT2D eigenvalue weighted by atomic mass is 10.1. The Morgan fingerprint density at radius 2 is 1.95 bits per heavy atom. The number of amides is 2. The SMILES string of the molecule is CCCC(C)C(=O)Nc1cccc(OC(=O)NC(C)C)c1. The Morgan fingerprint density at radius 3 is 2.57 bits per heavy atom. The molecule has 0 spiro atoms. The first-order chi connectivity index (χ1) is 9.92. The molecule has 0 heterocycles. The van der Waals surface area contributed by atoms with E-state index < -0.39 is 6.09 Å². The van der Waals surface area contributed by atoms with Gasteiger partial charge in [0.2, 0.25) is 5.91 Å². The van der Waals surface area contributed by atoms with Crippen molar-refractivity contribution in [2.24, 2.45) is 5.92 Å². The minimum Gasteiger partial charge on any atom is -0.410 e. The van der Waals surface area contributed by atoms with E-state index in [0.29, 0.717) is 11.4 Å². The molecule has 0 aromatic heterocycles. The van der Waals surface area contributed by atoms with Gasteiger partial charge in [0.05, 0.1) is 0 Å². The Kier molecular flexibility index (Phi) is 6.72. The van der Waals surface area contributed by atoms with Crippen molar-refractivity contribution >= 4 is 17.7 Å². The van der Waals surface area contributed by atoms with Crippen molar-refractivity contribution < 1.29 is 14.3 Å². The highest BCUT2D eigenvalue weighted by atomic mass is 16.6. The standard InChI is InChI=1S/C16H24N2O3/c1-5-7-12(4)15(19)18-13-8-6-9-14(10-13)21-16(20)17-11(2)3/h6,8-12H,5,7H2,1-4H3,(H,17,20)(H,18,19). The number of nitrogens with one attached hydrogen (secondary N) is 2. The van der Waals surface area contributed by atoms with E-state index in [-0.39, 0.29) is 17.9 Å². The number of hydrogen-bond acceptors (Lipinski definition) is 3. The normalized spacial score (nSPS) is 11.9. The summed E-state index contributed by atoms with van der Waals surface area (Å²) in [5.74, 6) is 0.332. The second kappa shape index (κ2) is 8.29. The molecule has 0 bridgehead atoms. The zero-order chi connectivity index (χ0) is 15.8. The molecule has 1 rings (SSSR count). The molecule has 1 aromatic rings. The molecule has 0 aliphatic carbocycles. The van der Waals surface area contributed by atoms with Gasteiger partial charge in [-0.25, -0.2) is 4.79 Å². The number of hydrogen-bond donors (Lipinski definition) is 2. The predicted octanol–water partition coefficient (Wildman–Crippen LogP) is 3.56. The van der Waals surface area contributed by atoms with Gasteiger partial charge in [-0.05, 0) is 32.4 Å². The van der Waals surface area contributed by atoms with E-state index in [0.717, 1.165) is 12.8 Å². The van der Waals surface area contributed by atoms with Crippen LogP contribution in [0.15, 0.2) is 24.3 Å². The van der Waals surface area contributed by atoms with E-state index in [2.05, 4.69) is 10.6 Å². The van der Waals surface area contributed by atoms with Crippen LogP contribution in [0.3, 0.4) is 0 Å². The fourth-order valence-electron chi connectivity index (χ4n) is 1.84. The summed E-state index contributed by atoms with van der Waals surface area (Å²) in [5, 5.41) is 5.47. The third-order valence-electron chi connectivity index (χ3n) is 2.89. The predicted molar refractivity (Wildman–Crippen MR) is 83.4 cm³/mol. The number of carbonyl (C=O) groups is 2. The second-order valence-corrected chi connectivity index (χ2v) is 5.40. The summed E-state index contributed by atoms with van der Waals surface area (Å²) < 4.78 is 5.15. The van der Waals surface area contributed by atoms with Gasteiger partial charge in [-0.3, -0.25) is 4.79 Å². The molecule has 21 heavy (non-hydrogen) atoms. The van der Waals surface area contributed by atoms with Gasteiger partial charge in [-0.15, -0.1) is 0 Å². The zero-order valence-electron chi connectivity index (χ0n) is 13.1. The van der Waals surface area contributed by atoms with Gasteiger partial charge < -0.3 is 15.4 Å². The third kappa shape index (κ3) is 6.29. The van der Waals surface area contributed by atoms with Crippen molar-refractivity contribution in [2.45, 2.75) is 46.6 Å². The zero-order valence-corrected chi connectivity index (χ0v) is 13.1. The summed E-state index contributed by atoms with van der Waals surface area (Å²) in [6.07, 6.45) is 1.30. The van der Waals surface area contributed by atoms with Crippen LogP contribution in [0.2, 0.25) is 0 Å². The molecule has 2 amide bonds. The molecule has 0 radical (unpaired) electrons. The van der Waals surface area contributed by atoms with Crippen LogP contribution >= 0.6 is 0 Å². The fourth-order valence-corrected chi connectivity index (χ4v) is 1.84. The Hall–Kier alpha value is -2.04. The number of anilines is 1. The molecule has 1 unspecified atom stereocenters. The maximum atomic E-state index is 12.0. The van der Waals surface area contributed by atoms with Gasteiger partial charge in [0.25, 0.3) is 0 Å². The Balaban J connectivity index is 2.64. The first-order valence-corrected chi connectivity index (χ1v) is 7.31. The lowest BCUT2D eigenvalue weighted by Gasteiger charge is -2.12. The molecule has 1 aromatic carbocycles. The smallest absolute Gasteiger partial charge is 0.410 e. The van der Waals surface area contributed by atoms with Crippen LogP contribution in [0.25, 0.3) is 0 Å². The average molecular weight is 292 g/mol. The lowest BCUT2D eigenvalue weighted by Crippen LogP contribution is -2.32. The highest BCUT2D eigenvalue weighted by Gasteiger charge is 2.12. The summed E-state index contributed by atoms with van der Waals surface area (Å²) in [6.45, 7) is 7.65. The summed E-state index contributed by atoms with van der Waals surface area (Å²) >= 11 is 0. The largest absolute Gasteiger partial charge is 0.412 e. The first-order valence-electron chi connectivity index (χ1n) is 7.31. The molecule has 0 saturated carbocycles. The fraction of sp³-hybridized carbons (Fsp3) is 0.500. The summed E-state index contributed by atoms with van der Waals surface area (Å²) in [7, 11) is 0. The quantitative estimate of drug-likeness (QED) is 0.842. The highest BCUT2D eigenvalue weighted by molar-refractivity contribution is 5.92. The molecule has 5 nitrogen and oxygen atoms in total. The van der Waals surface area contributed by atoms with Crippen LogP contribution in [-0.2, 0) is 4.79 Å². The van der Waals surface area contributed by atoms with E-state index in [9.17, 15) is 9.59 Å². The number of ether oxygens (including phenoxy) is 1. The highest BCUT2D eigenvalue weighted by Crippen LogP contribution is 2.19. The summed E-state index contributed by atoms with van der Waals surface area (Å²) in [4.78, 5) is 23.5. The van der Waals surface area contributed by atoms with E-state index in [1.807, 2.05) is 27.7 Å². The Labute approximate surface area is 126 Å². The van der Waals surface area contributed by atoms with Crippen molar-refractivity contribution in [3.05, 3.63) is 24.3 Å². The van der Waals surface area contributed by atoms with Gasteiger partial charge in [0, 0.05) is 23.7 Å². The molecular weight excluding hydrogens is 268 g/mol. The molecular formula is C16H24N2O3. The molecule has 0 saturated heterocycles. The molecule has 2 N–H and O–H groups in total. The van der Waals surface area contributed by atoms with Crippen molar-refractivity contribution in [3.63, 3.8) is 0 Å². The van der Waals surface area contributed by atoms with Gasteiger partial charge in [-0.1, -0.05) is 26.3 Å². The van der Waals surface area contributed by atoms with Crippen LogP contribution in [0, 0.1) is 5.92 Å². The molecule has 1 atom stereocenters. The number of benzene rings is 1. The van der Waals surface area contributed by atoms with E-state index in [4.69, 9.17) is 4.74 Å². The number of rotatable bonds is 6. The van der Waals surface area contributed by atoms with E-state index in [1.165, 1.54) is 0 Å². The van der Waals surface area contributed by atoms with Crippen molar-refractivity contribution in [2.75, 3.05) is 5.32 Å². The van der Waals surface area contributed by atoms with E-state index >= 15 is 0 Å². The van der Waals surface area contributed by atoms with Crippen LogP contribution in [-0.4, -0.2) is 18.0 Å². The molecule has 0 aliphatic rings. The maximum absolute atomic E-state index is 12.0. The Morgan fingerprint density at radius 1 is 1.24 bits per heavy atom. The minimum atomic E-state index is -0.507. The number of carbonyl (C=O) groups excluding carboxylic acids is 2. The van der Waals surface area contributed by atoms with Gasteiger partial charge in [0.15, 0.2) is 0 Å². The van der Waals surface area contributed by atoms with Crippen molar-refractivity contribution in [1.29, 1.82) is 0 Å². The van der Waals surface area contributed by atoms with Gasteiger partial charge in [-0.2, -0.15) is 0 Å².